The van der Waals surface area contributed by atoms with Crippen molar-refractivity contribution in [1.82, 2.24) is 30.3 Å². The first kappa shape index (κ1) is 23.9. The van der Waals surface area contributed by atoms with Gasteiger partial charge in [-0.05, 0) is 32.9 Å². The maximum atomic E-state index is 12.1. The standard InChI is InChI=1S/C19H29N7O.HI/c1-4-20-19(21-13-12-18(27)25(5-2)6-3)22-14-17-24-23-15-26(17)16-10-8-7-9-11-16;/h7-11,15H,4-6,12-14H2,1-3H3,(H2,20,21,22);1H. The second kappa shape index (κ2) is 13.1. The molecule has 0 radical (unpaired) electrons. The number of rotatable bonds is 9. The summed E-state index contributed by atoms with van der Waals surface area (Å²) in [6, 6.07) is 9.91. The SMILES string of the molecule is CCNC(=NCc1nncn1-c1ccccc1)NCCC(=O)N(CC)CC.I. The molecule has 28 heavy (non-hydrogen) atoms. The zero-order valence-corrected chi connectivity index (χ0v) is 19.1. The number of nitrogens with zero attached hydrogens (tertiary/aromatic N) is 5. The monoisotopic (exact) mass is 499 g/mol. The lowest BCUT2D eigenvalue weighted by Crippen LogP contribution is -2.40. The molecule has 1 aromatic heterocycles. The molecule has 2 aromatic rings. The Bertz CT molecular complexity index is 729. The maximum absolute atomic E-state index is 12.1. The highest BCUT2D eigenvalue weighted by atomic mass is 127. The Balaban J connectivity index is 0.00000392. The van der Waals surface area contributed by atoms with E-state index in [0.717, 1.165) is 31.1 Å². The molecule has 1 aromatic carbocycles. The molecule has 0 saturated heterocycles. The highest BCUT2D eigenvalue weighted by Gasteiger charge is 2.10. The van der Waals surface area contributed by atoms with Crippen LogP contribution in [0.15, 0.2) is 41.7 Å². The number of para-hydroxylation sites is 1. The highest BCUT2D eigenvalue weighted by Crippen LogP contribution is 2.09. The van der Waals surface area contributed by atoms with E-state index in [9.17, 15) is 4.79 Å². The molecular weight excluding hydrogens is 469 g/mol. The van der Waals surface area contributed by atoms with Crippen LogP contribution in [-0.2, 0) is 11.3 Å². The normalized spacial score (nSPS) is 10.9. The van der Waals surface area contributed by atoms with Crippen molar-refractivity contribution >= 4 is 35.8 Å². The first-order valence-electron chi connectivity index (χ1n) is 9.43. The molecule has 1 amide bonds. The van der Waals surface area contributed by atoms with E-state index in [0.29, 0.717) is 25.5 Å². The lowest BCUT2D eigenvalue weighted by atomic mass is 10.3. The summed E-state index contributed by atoms with van der Waals surface area (Å²) in [5.41, 5.74) is 0.996. The van der Waals surface area contributed by atoms with Crippen molar-refractivity contribution in [2.24, 2.45) is 4.99 Å². The Labute approximate surface area is 183 Å². The van der Waals surface area contributed by atoms with Crippen LogP contribution < -0.4 is 10.6 Å². The second-order valence-corrected chi connectivity index (χ2v) is 5.89. The van der Waals surface area contributed by atoms with Crippen LogP contribution in [-0.4, -0.2) is 57.7 Å². The fourth-order valence-corrected chi connectivity index (χ4v) is 2.68. The molecule has 154 valence electrons. The van der Waals surface area contributed by atoms with E-state index in [1.165, 1.54) is 0 Å². The van der Waals surface area contributed by atoms with Crippen LogP contribution in [0.5, 0.6) is 0 Å². The number of hydrogen-bond donors (Lipinski definition) is 2. The first-order chi connectivity index (χ1) is 13.2. The van der Waals surface area contributed by atoms with Crippen molar-refractivity contribution in [1.29, 1.82) is 0 Å². The molecule has 2 rings (SSSR count). The molecule has 0 unspecified atom stereocenters. The van der Waals surface area contributed by atoms with Crippen LogP contribution in [0.25, 0.3) is 5.69 Å². The van der Waals surface area contributed by atoms with Crippen LogP contribution in [0.3, 0.4) is 0 Å². The average molecular weight is 499 g/mol. The minimum atomic E-state index is 0. The fraction of sp³-hybridized carbons (Fsp3) is 0.474. The quantitative estimate of drug-likeness (QED) is 0.314. The van der Waals surface area contributed by atoms with Gasteiger partial charge >= 0.3 is 0 Å². The van der Waals surface area contributed by atoms with E-state index in [-0.39, 0.29) is 29.9 Å². The van der Waals surface area contributed by atoms with Gasteiger partial charge in [-0.2, -0.15) is 0 Å². The summed E-state index contributed by atoms with van der Waals surface area (Å²) in [5, 5.41) is 14.6. The number of guanidine groups is 1. The Hall–Kier alpha value is -2.17. The van der Waals surface area contributed by atoms with E-state index in [1.54, 1.807) is 6.33 Å². The van der Waals surface area contributed by atoms with Crippen molar-refractivity contribution in [3.8, 4) is 5.69 Å². The van der Waals surface area contributed by atoms with Gasteiger partial charge in [0.05, 0.1) is 0 Å². The van der Waals surface area contributed by atoms with Crippen LogP contribution in [0.2, 0.25) is 0 Å². The molecule has 0 aliphatic carbocycles. The number of carbonyl (C=O) groups is 1. The number of amides is 1. The largest absolute Gasteiger partial charge is 0.357 e. The van der Waals surface area contributed by atoms with Gasteiger partial charge in [0, 0.05) is 38.3 Å². The van der Waals surface area contributed by atoms with Gasteiger partial charge in [0.2, 0.25) is 5.91 Å². The summed E-state index contributed by atoms with van der Waals surface area (Å²) in [7, 11) is 0. The van der Waals surface area contributed by atoms with Crippen molar-refractivity contribution in [2.75, 3.05) is 26.2 Å². The van der Waals surface area contributed by atoms with Crippen LogP contribution in [0.1, 0.15) is 33.0 Å². The Kier molecular flexibility index (Phi) is 11.2. The number of benzene rings is 1. The third kappa shape index (κ3) is 7.10. The predicted octanol–water partition coefficient (Wildman–Crippen LogP) is 2.20. The zero-order valence-electron chi connectivity index (χ0n) is 16.8. The summed E-state index contributed by atoms with van der Waals surface area (Å²) < 4.78 is 1.91. The minimum Gasteiger partial charge on any atom is -0.357 e. The molecule has 2 N–H and O–H groups in total. The molecule has 8 nitrogen and oxygen atoms in total. The minimum absolute atomic E-state index is 0. The smallest absolute Gasteiger partial charge is 0.224 e. The second-order valence-electron chi connectivity index (χ2n) is 5.89. The Morgan fingerprint density at radius 2 is 1.86 bits per heavy atom. The number of halogens is 1. The zero-order chi connectivity index (χ0) is 19.5. The maximum Gasteiger partial charge on any atom is 0.224 e. The van der Waals surface area contributed by atoms with Crippen molar-refractivity contribution in [3.63, 3.8) is 0 Å². The molecule has 0 bridgehead atoms. The van der Waals surface area contributed by atoms with Gasteiger partial charge in [0.1, 0.15) is 12.9 Å². The van der Waals surface area contributed by atoms with Gasteiger partial charge in [-0.25, -0.2) is 4.99 Å². The molecule has 0 fully saturated rings. The molecule has 0 spiro atoms. The highest BCUT2D eigenvalue weighted by molar-refractivity contribution is 14.0. The Morgan fingerprint density at radius 1 is 1.14 bits per heavy atom. The summed E-state index contributed by atoms with van der Waals surface area (Å²) in [4.78, 5) is 18.5. The van der Waals surface area contributed by atoms with Crippen molar-refractivity contribution < 1.29 is 4.79 Å². The van der Waals surface area contributed by atoms with Crippen molar-refractivity contribution in [2.45, 2.75) is 33.7 Å². The molecule has 0 atom stereocenters. The van der Waals surface area contributed by atoms with Gasteiger partial charge < -0.3 is 15.5 Å². The van der Waals surface area contributed by atoms with Gasteiger partial charge in [0.15, 0.2) is 11.8 Å². The number of nitrogens with one attached hydrogen (secondary N) is 2. The number of aliphatic imine (C=N–C) groups is 1. The number of hydrogen-bond acceptors (Lipinski definition) is 4. The molecular formula is C19H30IN7O. The summed E-state index contributed by atoms with van der Waals surface area (Å²) in [6.45, 7) is 9.11. The third-order valence-corrected chi connectivity index (χ3v) is 4.12. The molecule has 0 saturated carbocycles. The van der Waals surface area contributed by atoms with E-state index < -0.39 is 0 Å². The van der Waals surface area contributed by atoms with E-state index in [4.69, 9.17) is 0 Å². The molecule has 9 heteroatoms. The van der Waals surface area contributed by atoms with E-state index in [1.807, 2.05) is 60.6 Å². The summed E-state index contributed by atoms with van der Waals surface area (Å²) in [5.74, 6) is 1.55. The van der Waals surface area contributed by atoms with E-state index in [2.05, 4.69) is 25.8 Å². The van der Waals surface area contributed by atoms with Crippen molar-refractivity contribution in [3.05, 3.63) is 42.5 Å². The molecule has 1 heterocycles. The number of aromatic nitrogens is 3. The Morgan fingerprint density at radius 3 is 2.50 bits per heavy atom. The van der Waals surface area contributed by atoms with Gasteiger partial charge in [-0.1, -0.05) is 18.2 Å². The molecule has 0 aliphatic heterocycles. The van der Waals surface area contributed by atoms with Gasteiger partial charge in [-0.3, -0.25) is 9.36 Å². The van der Waals surface area contributed by atoms with Crippen LogP contribution in [0.4, 0.5) is 0 Å². The van der Waals surface area contributed by atoms with Crippen LogP contribution in [0, 0.1) is 0 Å². The lowest BCUT2D eigenvalue weighted by Gasteiger charge is -2.19. The fourth-order valence-electron chi connectivity index (χ4n) is 2.68. The van der Waals surface area contributed by atoms with Crippen LogP contribution >= 0.6 is 24.0 Å². The lowest BCUT2D eigenvalue weighted by molar-refractivity contribution is -0.130. The summed E-state index contributed by atoms with van der Waals surface area (Å²) >= 11 is 0. The topological polar surface area (TPSA) is 87.4 Å². The predicted molar refractivity (Wildman–Crippen MR) is 122 cm³/mol. The number of carbonyl (C=O) groups excluding carboxylic acids is 1. The first-order valence-corrected chi connectivity index (χ1v) is 9.43. The van der Waals surface area contributed by atoms with Gasteiger partial charge in [0.25, 0.3) is 0 Å². The summed E-state index contributed by atoms with van der Waals surface area (Å²) in [6.07, 6.45) is 2.12. The average Bonchev–Trinajstić information content (AvgIpc) is 3.16. The molecule has 0 aliphatic rings. The third-order valence-electron chi connectivity index (χ3n) is 4.12. The van der Waals surface area contributed by atoms with E-state index >= 15 is 0 Å². The van der Waals surface area contributed by atoms with Gasteiger partial charge in [-0.15, -0.1) is 34.2 Å².